The topological polar surface area (TPSA) is 58.6 Å². The van der Waals surface area contributed by atoms with Crippen LogP contribution in [0, 0.1) is 0 Å². The monoisotopic (exact) mass is 492 g/mol. The molecule has 3 aromatic rings. The number of carbonyl (C=O) groups excluding carboxylic acids is 2. The summed E-state index contributed by atoms with van der Waals surface area (Å²) < 4.78 is 5.97. The van der Waals surface area contributed by atoms with Crippen LogP contribution in [-0.2, 0) is 16.0 Å². The van der Waals surface area contributed by atoms with E-state index in [1.165, 1.54) is 12.5 Å². The number of benzene rings is 3. The highest BCUT2D eigenvalue weighted by atomic mass is 79.9. The molecule has 0 spiro atoms. The van der Waals surface area contributed by atoms with Crippen molar-refractivity contribution < 1.29 is 14.3 Å². The first kappa shape index (κ1) is 22.1. The van der Waals surface area contributed by atoms with Gasteiger partial charge in [-0.25, -0.2) is 0 Å². The molecule has 5 nitrogen and oxygen atoms in total. The lowest BCUT2D eigenvalue weighted by molar-refractivity contribution is -0.140. The Morgan fingerprint density at radius 2 is 1.75 bits per heavy atom. The number of amides is 1. The average Bonchev–Trinajstić information content (AvgIpc) is 2.80. The van der Waals surface area contributed by atoms with E-state index in [-0.39, 0.29) is 11.9 Å². The highest BCUT2D eigenvalue weighted by molar-refractivity contribution is 9.10. The van der Waals surface area contributed by atoms with Crippen molar-refractivity contribution in [2.24, 2.45) is 0 Å². The quantitative estimate of drug-likeness (QED) is 0.449. The number of rotatable bonds is 6. The standard InChI is InChI=1S/C26H25BrN2O3/c1-18(30)32-15-14-29-13-5-8-22-16-23(27)24(17-25(22)29)28-26(31)21-11-9-20(10-12-21)19-6-3-2-4-7-19/h2-4,6-7,9-12,16-17H,5,8,13-15H2,1H3,(H,28,31). The minimum Gasteiger partial charge on any atom is -0.464 e. The van der Waals surface area contributed by atoms with Crippen molar-refractivity contribution in [3.63, 3.8) is 0 Å². The van der Waals surface area contributed by atoms with Crippen molar-refractivity contribution in [2.45, 2.75) is 19.8 Å². The summed E-state index contributed by atoms with van der Waals surface area (Å²) in [6, 6.07) is 21.8. The van der Waals surface area contributed by atoms with Gasteiger partial charge in [0.15, 0.2) is 0 Å². The number of carbonyl (C=O) groups is 2. The van der Waals surface area contributed by atoms with Gasteiger partial charge in [-0.15, -0.1) is 0 Å². The average molecular weight is 493 g/mol. The van der Waals surface area contributed by atoms with Gasteiger partial charge in [0.1, 0.15) is 6.61 Å². The first-order valence-corrected chi connectivity index (χ1v) is 11.5. The summed E-state index contributed by atoms with van der Waals surface area (Å²) in [4.78, 5) is 26.2. The third-order valence-corrected chi connectivity index (χ3v) is 6.21. The van der Waals surface area contributed by atoms with Gasteiger partial charge in [0.05, 0.1) is 12.2 Å². The molecule has 0 fully saturated rings. The Balaban J connectivity index is 1.50. The number of ether oxygens (including phenoxy) is 1. The van der Waals surface area contributed by atoms with E-state index >= 15 is 0 Å². The smallest absolute Gasteiger partial charge is 0.302 e. The van der Waals surface area contributed by atoms with E-state index < -0.39 is 0 Å². The summed E-state index contributed by atoms with van der Waals surface area (Å²) in [6.07, 6.45) is 2.02. The van der Waals surface area contributed by atoms with Gasteiger partial charge in [-0.05, 0) is 69.7 Å². The second-order valence-electron chi connectivity index (χ2n) is 7.79. The summed E-state index contributed by atoms with van der Waals surface area (Å²) in [5.74, 6) is -0.434. The minimum atomic E-state index is -0.274. The summed E-state index contributed by atoms with van der Waals surface area (Å²) in [5, 5.41) is 3.03. The number of anilines is 2. The molecular formula is C26H25BrN2O3. The molecular weight excluding hydrogens is 468 g/mol. The van der Waals surface area contributed by atoms with E-state index in [0.29, 0.717) is 18.7 Å². The van der Waals surface area contributed by atoms with E-state index in [4.69, 9.17) is 4.74 Å². The van der Waals surface area contributed by atoms with E-state index in [2.05, 4.69) is 32.2 Å². The predicted molar refractivity (Wildman–Crippen MR) is 131 cm³/mol. The Morgan fingerprint density at radius 3 is 2.47 bits per heavy atom. The van der Waals surface area contributed by atoms with Gasteiger partial charge in [-0.2, -0.15) is 0 Å². The van der Waals surface area contributed by atoms with Crippen molar-refractivity contribution in [3.05, 3.63) is 82.3 Å². The van der Waals surface area contributed by atoms with Crippen LogP contribution in [-0.4, -0.2) is 31.6 Å². The Labute approximate surface area is 196 Å². The number of halogens is 1. The molecule has 0 atom stereocenters. The van der Waals surface area contributed by atoms with E-state index in [9.17, 15) is 9.59 Å². The molecule has 1 aliphatic heterocycles. The number of fused-ring (bicyclic) bond motifs is 1. The van der Waals surface area contributed by atoms with Crippen molar-refractivity contribution in [1.82, 2.24) is 0 Å². The van der Waals surface area contributed by atoms with E-state index in [1.807, 2.05) is 60.7 Å². The van der Waals surface area contributed by atoms with Crippen LogP contribution < -0.4 is 10.2 Å². The third kappa shape index (κ3) is 5.19. The number of nitrogens with one attached hydrogen (secondary N) is 1. The number of hydrogen-bond acceptors (Lipinski definition) is 4. The van der Waals surface area contributed by atoms with Crippen LogP contribution in [0.1, 0.15) is 29.3 Å². The zero-order chi connectivity index (χ0) is 22.5. The van der Waals surface area contributed by atoms with Gasteiger partial charge < -0.3 is 15.0 Å². The second-order valence-corrected chi connectivity index (χ2v) is 8.64. The molecule has 1 amide bonds. The van der Waals surface area contributed by atoms with Crippen molar-refractivity contribution in [2.75, 3.05) is 29.9 Å². The third-order valence-electron chi connectivity index (χ3n) is 5.55. The van der Waals surface area contributed by atoms with Gasteiger partial charge in [-0.1, -0.05) is 42.5 Å². The Morgan fingerprint density at radius 1 is 1.03 bits per heavy atom. The Kier molecular flexibility index (Phi) is 6.90. The zero-order valence-electron chi connectivity index (χ0n) is 17.9. The van der Waals surface area contributed by atoms with Crippen LogP contribution in [0.4, 0.5) is 11.4 Å². The van der Waals surface area contributed by atoms with Crippen LogP contribution in [0.2, 0.25) is 0 Å². The van der Waals surface area contributed by atoms with Crippen LogP contribution in [0.15, 0.2) is 71.2 Å². The first-order chi connectivity index (χ1) is 15.5. The first-order valence-electron chi connectivity index (χ1n) is 10.7. The fourth-order valence-electron chi connectivity index (χ4n) is 3.95. The number of hydrogen-bond donors (Lipinski definition) is 1. The van der Waals surface area contributed by atoms with Crippen molar-refractivity contribution >= 4 is 39.2 Å². The summed E-state index contributed by atoms with van der Waals surface area (Å²) >= 11 is 3.61. The van der Waals surface area contributed by atoms with Crippen LogP contribution in [0.5, 0.6) is 0 Å². The van der Waals surface area contributed by atoms with Gasteiger partial charge >= 0.3 is 5.97 Å². The lowest BCUT2D eigenvalue weighted by atomic mass is 10.0. The Hall–Kier alpha value is -3.12. The molecule has 164 valence electrons. The molecule has 4 rings (SSSR count). The fraction of sp³-hybridized carbons (Fsp3) is 0.231. The predicted octanol–water partition coefficient (Wildman–Crippen LogP) is 5.68. The van der Waals surface area contributed by atoms with Crippen LogP contribution >= 0.6 is 15.9 Å². The SMILES string of the molecule is CC(=O)OCCN1CCCc2cc(Br)c(NC(=O)c3ccc(-c4ccccc4)cc3)cc21. The molecule has 0 aromatic heterocycles. The lowest BCUT2D eigenvalue weighted by Crippen LogP contribution is -2.33. The maximum absolute atomic E-state index is 12.9. The molecule has 0 unspecified atom stereocenters. The number of esters is 1. The molecule has 1 aliphatic rings. The van der Waals surface area contributed by atoms with E-state index in [1.54, 1.807) is 0 Å². The molecule has 3 aromatic carbocycles. The molecule has 1 N–H and O–H groups in total. The Bertz CT molecular complexity index is 1110. The number of aryl methyl sites for hydroxylation is 1. The molecule has 0 saturated carbocycles. The van der Waals surface area contributed by atoms with Crippen LogP contribution in [0.25, 0.3) is 11.1 Å². The molecule has 0 radical (unpaired) electrons. The maximum Gasteiger partial charge on any atom is 0.302 e. The largest absolute Gasteiger partial charge is 0.464 e. The molecule has 0 bridgehead atoms. The van der Waals surface area contributed by atoms with Crippen molar-refractivity contribution in [3.8, 4) is 11.1 Å². The minimum absolute atomic E-state index is 0.160. The van der Waals surface area contributed by atoms with Gasteiger partial charge in [0, 0.05) is 29.2 Å². The normalized spacial score (nSPS) is 12.8. The molecule has 0 aliphatic carbocycles. The highest BCUT2D eigenvalue weighted by Crippen LogP contribution is 2.35. The van der Waals surface area contributed by atoms with Gasteiger partial charge in [-0.3, -0.25) is 9.59 Å². The molecule has 32 heavy (non-hydrogen) atoms. The number of nitrogens with zero attached hydrogens (tertiary/aromatic N) is 1. The van der Waals surface area contributed by atoms with Gasteiger partial charge in [0.25, 0.3) is 5.91 Å². The maximum atomic E-state index is 12.9. The van der Waals surface area contributed by atoms with E-state index in [0.717, 1.165) is 46.4 Å². The highest BCUT2D eigenvalue weighted by Gasteiger charge is 2.20. The van der Waals surface area contributed by atoms with Gasteiger partial charge in [0.2, 0.25) is 0 Å². The molecule has 1 heterocycles. The van der Waals surface area contributed by atoms with Crippen molar-refractivity contribution in [1.29, 1.82) is 0 Å². The summed E-state index contributed by atoms with van der Waals surface area (Å²) in [7, 11) is 0. The molecule has 6 heteroatoms. The summed E-state index contributed by atoms with van der Waals surface area (Å²) in [5.41, 5.74) is 5.80. The lowest BCUT2D eigenvalue weighted by Gasteiger charge is -2.32. The van der Waals surface area contributed by atoms with Crippen LogP contribution in [0.3, 0.4) is 0 Å². The second kappa shape index (κ2) is 10.0. The zero-order valence-corrected chi connectivity index (χ0v) is 19.5. The summed E-state index contributed by atoms with van der Waals surface area (Å²) in [6.45, 7) is 3.29. The molecule has 0 saturated heterocycles. The fourth-order valence-corrected chi connectivity index (χ4v) is 4.44.